The van der Waals surface area contributed by atoms with Gasteiger partial charge in [0.2, 0.25) is 10.0 Å². The molecule has 2 aromatic carbocycles. The van der Waals surface area contributed by atoms with Gasteiger partial charge in [-0.25, -0.2) is 13.1 Å². The molecule has 0 aliphatic carbocycles. The van der Waals surface area contributed by atoms with Crippen molar-refractivity contribution in [1.29, 1.82) is 0 Å². The smallest absolute Gasteiger partial charge is 0.241 e. The zero-order valence-corrected chi connectivity index (χ0v) is 17.3. The number of likely N-dealkylation sites (N-methyl/N-ethyl adjacent to an activating group) is 1. The zero-order valence-electron chi connectivity index (χ0n) is 13.4. The molecule has 9 heteroatoms. The lowest BCUT2D eigenvalue weighted by molar-refractivity contribution is 0.363. The van der Waals surface area contributed by atoms with Gasteiger partial charge >= 0.3 is 0 Å². The highest BCUT2D eigenvalue weighted by atomic mass is 35.5. The number of hydrogen-bond donors (Lipinski definition) is 1. The van der Waals surface area contributed by atoms with E-state index in [0.29, 0.717) is 22.2 Å². The van der Waals surface area contributed by atoms with Crippen molar-refractivity contribution in [2.24, 2.45) is 0 Å². The summed E-state index contributed by atoms with van der Waals surface area (Å²) >= 11 is 23.8. The number of rotatable bonds is 6. The lowest BCUT2D eigenvalue weighted by Gasteiger charge is -2.23. The van der Waals surface area contributed by atoms with Crippen LogP contribution in [0.2, 0.25) is 20.1 Å². The molecule has 0 radical (unpaired) electrons. The first-order valence-electron chi connectivity index (χ1n) is 7.17. The molecule has 0 spiro atoms. The normalized spacial score (nSPS) is 13.2. The summed E-state index contributed by atoms with van der Waals surface area (Å²) < 4.78 is 28.1. The third-order valence-electron chi connectivity index (χ3n) is 3.39. The Morgan fingerprint density at radius 1 is 0.920 bits per heavy atom. The third-order valence-corrected chi connectivity index (χ3v) is 6.34. The van der Waals surface area contributed by atoms with E-state index in [1.54, 1.807) is 18.2 Å². The van der Waals surface area contributed by atoms with Crippen molar-refractivity contribution in [3.63, 3.8) is 0 Å². The first-order chi connectivity index (χ1) is 11.6. The Hall–Kier alpha value is -0.530. The van der Waals surface area contributed by atoms with Gasteiger partial charge < -0.3 is 4.90 Å². The lowest BCUT2D eigenvalue weighted by Crippen LogP contribution is -2.35. The third kappa shape index (κ3) is 5.47. The molecular weight excluding hydrogens is 426 g/mol. The molecule has 0 fully saturated rings. The van der Waals surface area contributed by atoms with Gasteiger partial charge in [-0.05, 0) is 50.0 Å². The molecule has 2 aromatic rings. The van der Waals surface area contributed by atoms with Crippen molar-refractivity contribution >= 4 is 56.4 Å². The number of nitrogens with zero attached hydrogens (tertiary/aromatic N) is 1. The predicted octanol–water partition coefficient (Wildman–Crippen LogP) is 4.88. The fourth-order valence-electron chi connectivity index (χ4n) is 2.20. The van der Waals surface area contributed by atoms with E-state index in [0.717, 1.165) is 0 Å². The lowest BCUT2D eigenvalue weighted by atomic mass is 10.1. The molecule has 0 aliphatic heterocycles. The second-order valence-electron chi connectivity index (χ2n) is 5.69. The number of halogens is 4. The summed E-state index contributed by atoms with van der Waals surface area (Å²) in [5.41, 5.74) is 0.701. The second-order valence-corrected chi connectivity index (χ2v) is 9.03. The summed E-state index contributed by atoms with van der Waals surface area (Å²) in [5, 5.41) is 1.22. The minimum atomic E-state index is -3.81. The molecular formula is C16H16Cl4N2O2S. The Morgan fingerprint density at radius 3 is 2.00 bits per heavy atom. The van der Waals surface area contributed by atoms with E-state index in [9.17, 15) is 8.42 Å². The van der Waals surface area contributed by atoms with Crippen molar-refractivity contribution in [2.75, 3.05) is 20.6 Å². The summed E-state index contributed by atoms with van der Waals surface area (Å²) in [6.45, 7) is 0.429. The number of nitrogens with one attached hydrogen (secondary N) is 1. The summed E-state index contributed by atoms with van der Waals surface area (Å²) in [5.74, 6) is 0. The Labute approximate surface area is 167 Å². The molecule has 2 rings (SSSR count). The molecule has 0 amide bonds. The average molecular weight is 442 g/mol. The van der Waals surface area contributed by atoms with Crippen LogP contribution in [0, 0.1) is 0 Å². The van der Waals surface area contributed by atoms with E-state index < -0.39 is 16.1 Å². The van der Waals surface area contributed by atoms with Crippen molar-refractivity contribution in [3.8, 4) is 0 Å². The summed E-state index contributed by atoms with van der Waals surface area (Å²) in [7, 11) is -0.121. The molecule has 0 saturated heterocycles. The van der Waals surface area contributed by atoms with Crippen molar-refractivity contribution in [3.05, 3.63) is 62.1 Å². The van der Waals surface area contributed by atoms with E-state index in [4.69, 9.17) is 46.4 Å². The fraction of sp³-hybridized carbons (Fsp3) is 0.250. The van der Waals surface area contributed by atoms with Crippen LogP contribution >= 0.6 is 46.4 Å². The minimum absolute atomic E-state index is 0.0331. The van der Waals surface area contributed by atoms with Gasteiger partial charge in [0.05, 0.1) is 31.0 Å². The summed E-state index contributed by atoms with van der Waals surface area (Å²) in [6.07, 6.45) is 0. The van der Waals surface area contributed by atoms with Crippen LogP contribution in [0.4, 0.5) is 0 Å². The van der Waals surface area contributed by atoms with Crippen LogP contribution in [-0.2, 0) is 10.0 Å². The van der Waals surface area contributed by atoms with Crippen LogP contribution < -0.4 is 4.72 Å². The molecule has 0 unspecified atom stereocenters. The quantitative estimate of drug-likeness (QED) is 0.694. The summed E-state index contributed by atoms with van der Waals surface area (Å²) in [4.78, 5) is 1.90. The second kappa shape index (κ2) is 8.44. The maximum atomic E-state index is 12.7. The topological polar surface area (TPSA) is 49.4 Å². The zero-order chi connectivity index (χ0) is 18.8. The summed E-state index contributed by atoms with van der Waals surface area (Å²) in [6, 6.07) is 8.65. The SMILES string of the molecule is CN(C)C[C@H](NS(=O)(=O)c1ccc(Cl)c(Cl)c1)c1ccc(Cl)c(Cl)c1. The van der Waals surface area contributed by atoms with Crippen LogP contribution in [0.1, 0.15) is 11.6 Å². The van der Waals surface area contributed by atoms with Gasteiger partial charge in [0.1, 0.15) is 0 Å². The molecule has 25 heavy (non-hydrogen) atoms. The molecule has 0 bridgehead atoms. The highest BCUT2D eigenvalue weighted by Crippen LogP contribution is 2.28. The molecule has 136 valence electrons. The average Bonchev–Trinajstić information content (AvgIpc) is 2.51. The molecule has 1 N–H and O–H groups in total. The van der Waals surface area contributed by atoms with E-state index in [2.05, 4.69) is 4.72 Å². The van der Waals surface area contributed by atoms with Crippen molar-refractivity contribution in [2.45, 2.75) is 10.9 Å². The Bertz CT molecular complexity index is 872. The van der Waals surface area contributed by atoms with Crippen LogP contribution in [0.3, 0.4) is 0 Å². The van der Waals surface area contributed by atoms with Crippen LogP contribution in [0.25, 0.3) is 0 Å². The van der Waals surface area contributed by atoms with Gasteiger partial charge in [0.25, 0.3) is 0 Å². The number of benzene rings is 2. The van der Waals surface area contributed by atoms with E-state index in [1.165, 1.54) is 18.2 Å². The molecule has 0 heterocycles. The predicted molar refractivity (Wildman–Crippen MR) is 105 cm³/mol. The maximum absolute atomic E-state index is 12.7. The highest BCUT2D eigenvalue weighted by Gasteiger charge is 2.23. The molecule has 0 saturated carbocycles. The monoisotopic (exact) mass is 440 g/mol. The highest BCUT2D eigenvalue weighted by molar-refractivity contribution is 7.89. The first kappa shape index (κ1) is 20.8. The van der Waals surface area contributed by atoms with Crippen molar-refractivity contribution in [1.82, 2.24) is 9.62 Å². The van der Waals surface area contributed by atoms with E-state index in [1.807, 2.05) is 19.0 Å². The Kier molecular flexibility index (Phi) is 7.01. The molecule has 1 atom stereocenters. The maximum Gasteiger partial charge on any atom is 0.241 e. The standard InChI is InChI=1S/C16H16Cl4N2O2S/c1-22(2)9-16(10-3-5-12(17)14(19)7-10)21-25(23,24)11-4-6-13(18)15(20)8-11/h3-8,16,21H,9H2,1-2H3/t16-/m0/s1. The van der Waals surface area contributed by atoms with E-state index in [-0.39, 0.29) is 14.9 Å². The number of sulfonamides is 1. The number of hydrogen-bond acceptors (Lipinski definition) is 3. The van der Waals surface area contributed by atoms with Crippen LogP contribution in [0.5, 0.6) is 0 Å². The van der Waals surface area contributed by atoms with Gasteiger partial charge in [0.15, 0.2) is 0 Å². The molecule has 0 aliphatic rings. The van der Waals surface area contributed by atoms with Gasteiger partial charge in [-0.3, -0.25) is 0 Å². The van der Waals surface area contributed by atoms with Gasteiger partial charge in [-0.15, -0.1) is 0 Å². The van der Waals surface area contributed by atoms with Gasteiger partial charge in [-0.2, -0.15) is 0 Å². The van der Waals surface area contributed by atoms with E-state index >= 15 is 0 Å². The van der Waals surface area contributed by atoms with Gasteiger partial charge in [0, 0.05) is 6.54 Å². The van der Waals surface area contributed by atoms with Gasteiger partial charge in [-0.1, -0.05) is 52.5 Å². The minimum Gasteiger partial charge on any atom is -0.307 e. The Balaban J connectivity index is 2.38. The largest absolute Gasteiger partial charge is 0.307 e. The molecule has 4 nitrogen and oxygen atoms in total. The van der Waals surface area contributed by atoms with Crippen LogP contribution in [-0.4, -0.2) is 34.0 Å². The Morgan fingerprint density at radius 2 is 1.48 bits per heavy atom. The van der Waals surface area contributed by atoms with Crippen molar-refractivity contribution < 1.29 is 8.42 Å². The first-order valence-corrected chi connectivity index (χ1v) is 10.2. The van der Waals surface area contributed by atoms with Crippen LogP contribution in [0.15, 0.2) is 41.3 Å². The molecule has 0 aromatic heterocycles. The fourth-order valence-corrected chi connectivity index (χ4v) is 4.12.